The molecule has 0 saturated heterocycles. The molecule has 0 unspecified atom stereocenters. The van der Waals surface area contributed by atoms with Crippen molar-refractivity contribution in [1.29, 1.82) is 0 Å². The second-order valence-electron chi connectivity index (χ2n) is 3.43. The maximum absolute atomic E-state index is 11.2. The first-order chi connectivity index (χ1) is 5.84. The molecule has 0 bridgehead atoms. The van der Waals surface area contributed by atoms with Crippen molar-refractivity contribution in [3.05, 3.63) is 17.7 Å². The van der Waals surface area contributed by atoms with Crippen LogP contribution in [0.15, 0.2) is 6.33 Å². The highest BCUT2D eigenvalue weighted by Crippen LogP contribution is 2.17. The summed E-state index contributed by atoms with van der Waals surface area (Å²) in [4.78, 5) is 4.07. The molecule has 0 aliphatic rings. The SMILES string of the molecule is Cc1c(C(C)C)ncn1S(C)(=O)=O. The second kappa shape index (κ2) is 3.14. The monoisotopic (exact) mass is 202 g/mol. The van der Waals surface area contributed by atoms with E-state index >= 15 is 0 Å². The Bertz CT molecular complexity index is 404. The van der Waals surface area contributed by atoms with Gasteiger partial charge < -0.3 is 0 Å². The molecule has 1 heterocycles. The Morgan fingerprint density at radius 3 is 2.23 bits per heavy atom. The van der Waals surface area contributed by atoms with Gasteiger partial charge >= 0.3 is 0 Å². The molecule has 0 spiro atoms. The van der Waals surface area contributed by atoms with Crippen molar-refractivity contribution in [3.63, 3.8) is 0 Å². The van der Waals surface area contributed by atoms with Crippen LogP contribution in [0.1, 0.15) is 31.2 Å². The average Bonchev–Trinajstić information content (AvgIpc) is 2.28. The van der Waals surface area contributed by atoms with Gasteiger partial charge in [-0.3, -0.25) is 0 Å². The first-order valence-corrected chi connectivity index (χ1v) is 5.93. The molecular formula is C8H14N2O2S. The average molecular weight is 202 g/mol. The Labute approximate surface area is 78.7 Å². The third-order valence-electron chi connectivity index (χ3n) is 1.91. The van der Waals surface area contributed by atoms with E-state index in [0.717, 1.165) is 5.69 Å². The van der Waals surface area contributed by atoms with E-state index in [1.54, 1.807) is 6.92 Å². The van der Waals surface area contributed by atoms with Crippen molar-refractivity contribution in [1.82, 2.24) is 8.96 Å². The summed E-state index contributed by atoms with van der Waals surface area (Å²) in [7, 11) is -3.19. The topological polar surface area (TPSA) is 52.0 Å². The molecule has 0 atom stereocenters. The molecule has 0 aliphatic heterocycles. The molecule has 0 amide bonds. The van der Waals surface area contributed by atoms with Crippen molar-refractivity contribution in [2.24, 2.45) is 0 Å². The molecular weight excluding hydrogens is 188 g/mol. The first-order valence-electron chi connectivity index (χ1n) is 4.08. The van der Waals surface area contributed by atoms with Gasteiger partial charge in [-0.1, -0.05) is 13.8 Å². The number of hydrogen-bond acceptors (Lipinski definition) is 3. The summed E-state index contributed by atoms with van der Waals surface area (Å²) in [5, 5.41) is 0. The molecule has 0 fully saturated rings. The summed E-state index contributed by atoms with van der Waals surface area (Å²) in [6.45, 7) is 5.74. The van der Waals surface area contributed by atoms with Gasteiger partial charge in [0.25, 0.3) is 0 Å². The summed E-state index contributed by atoms with van der Waals surface area (Å²) in [5.41, 5.74) is 1.54. The van der Waals surface area contributed by atoms with E-state index in [4.69, 9.17) is 0 Å². The Morgan fingerprint density at radius 2 is 2.00 bits per heavy atom. The van der Waals surface area contributed by atoms with Crippen molar-refractivity contribution in [2.75, 3.05) is 6.26 Å². The van der Waals surface area contributed by atoms with Crippen LogP contribution in [0.25, 0.3) is 0 Å². The van der Waals surface area contributed by atoms with Crippen LogP contribution in [0.3, 0.4) is 0 Å². The maximum atomic E-state index is 11.2. The molecule has 0 N–H and O–H groups in total. The second-order valence-corrected chi connectivity index (χ2v) is 5.29. The fourth-order valence-corrected chi connectivity index (χ4v) is 2.12. The largest absolute Gasteiger partial charge is 0.240 e. The summed E-state index contributed by atoms with van der Waals surface area (Å²) in [5.74, 6) is 0.253. The van der Waals surface area contributed by atoms with E-state index in [0.29, 0.717) is 5.69 Å². The van der Waals surface area contributed by atoms with Gasteiger partial charge in [0.1, 0.15) is 6.33 Å². The van der Waals surface area contributed by atoms with Crippen LogP contribution in [0.2, 0.25) is 0 Å². The summed E-state index contributed by atoms with van der Waals surface area (Å²) in [6.07, 6.45) is 2.53. The van der Waals surface area contributed by atoms with Crippen molar-refractivity contribution >= 4 is 10.0 Å². The lowest BCUT2D eigenvalue weighted by molar-refractivity contribution is 0.592. The molecule has 0 aromatic carbocycles. The Kier molecular flexibility index (Phi) is 2.47. The van der Waals surface area contributed by atoms with Gasteiger partial charge in [-0.15, -0.1) is 0 Å². The minimum absolute atomic E-state index is 0.253. The third-order valence-corrected chi connectivity index (χ3v) is 2.99. The van der Waals surface area contributed by atoms with Crippen molar-refractivity contribution in [3.8, 4) is 0 Å². The van der Waals surface area contributed by atoms with Gasteiger partial charge in [0.2, 0.25) is 10.0 Å². The van der Waals surface area contributed by atoms with Crippen molar-refractivity contribution < 1.29 is 8.42 Å². The Morgan fingerprint density at radius 1 is 1.46 bits per heavy atom. The zero-order chi connectivity index (χ0) is 10.2. The molecule has 13 heavy (non-hydrogen) atoms. The smallest absolute Gasteiger partial charge is 0.237 e. The minimum atomic E-state index is -3.19. The molecule has 4 nitrogen and oxygen atoms in total. The molecule has 0 radical (unpaired) electrons. The third kappa shape index (κ3) is 1.91. The van der Waals surface area contributed by atoms with Gasteiger partial charge in [-0.05, 0) is 12.8 Å². The van der Waals surface area contributed by atoms with Gasteiger partial charge in [0, 0.05) is 0 Å². The fraction of sp³-hybridized carbons (Fsp3) is 0.625. The van der Waals surface area contributed by atoms with E-state index in [1.807, 2.05) is 13.8 Å². The van der Waals surface area contributed by atoms with Gasteiger partial charge in [0.15, 0.2) is 0 Å². The van der Waals surface area contributed by atoms with Crippen LogP contribution in [0, 0.1) is 6.92 Å². The minimum Gasteiger partial charge on any atom is -0.240 e. The van der Waals surface area contributed by atoms with Gasteiger partial charge in [0.05, 0.1) is 17.6 Å². The predicted octanol–water partition coefficient (Wildman–Crippen LogP) is 1.12. The Hall–Kier alpha value is -0.840. The molecule has 1 aromatic heterocycles. The fourth-order valence-electron chi connectivity index (χ4n) is 1.31. The number of imidazole rings is 1. The standard InChI is InChI=1S/C8H14N2O2S/c1-6(2)8-7(3)10(5-9-8)13(4,11)12/h5-6H,1-4H3. The molecule has 5 heteroatoms. The Balaban J connectivity index is 3.30. The van der Waals surface area contributed by atoms with E-state index in [-0.39, 0.29) is 5.92 Å². The lowest BCUT2D eigenvalue weighted by atomic mass is 10.1. The zero-order valence-electron chi connectivity index (χ0n) is 8.27. The molecule has 74 valence electrons. The first kappa shape index (κ1) is 10.2. The van der Waals surface area contributed by atoms with Crippen LogP contribution in [-0.2, 0) is 10.0 Å². The van der Waals surface area contributed by atoms with E-state index in [9.17, 15) is 8.42 Å². The highest BCUT2D eigenvalue weighted by molar-refractivity contribution is 7.89. The molecule has 0 saturated carbocycles. The number of rotatable bonds is 2. The quantitative estimate of drug-likeness (QED) is 0.722. The van der Waals surface area contributed by atoms with Gasteiger partial charge in [-0.2, -0.15) is 0 Å². The highest BCUT2D eigenvalue weighted by atomic mass is 32.2. The predicted molar refractivity (Wildman–Crippen MR) is 51.3 cm³/mol. The van der Waals surface area contributed by atoms with Crippen LogP contribution in [0.4, 0.5) is 0 Å². The number of hydrogen-bond donors (Lipinski definition) is 0. The maximum Gasteiger partial charge on any atom is 0.237 e. The molecule has 1 rings (SSSR count). The van der Waals surface area contributed by atoms with Crippen LogP contribution >= 0.6 is 0 Å². The van der Waals surface area contributed by atoms with Crippen LogP contribution in [0.5, 0.6) is 0 Å². The lowest BCUT2D eigenvalue weighted by Crippen LogP contribution is -2.10. The lowest BCUT2D eigenvalue weighted by Gasteiger charge is -2.04. The summed E-state index contributed by atoms with van der Waals surface area (Å²) >= 11 is 0. The molecule has 0 aliphatic carbocycles. The van der Waals surface area contributed by atoms with Gasteiger partial charge in [-0.25, -0.2) is 17.4 Å². The van der Waals surface area contributed by atoms with E-state index < -0.39 is 10.0 Å². The normalized spacial score (nSPS) is 12.4. The van der Waals surface area contributed by atoms with Crippen LogP contribution in [-0.4, -0.2) is 23.6 Å². The zero-order valence-corrected chi connectivity index (χ0v) is 9.09. The summed E-state index contributed by atoms with van der Waals surface area (Å²) in [6, 6.07) is 0. The molecule has 1 aromatic rings. The number of nitrogens with zero attached hydrogens (tertiary/aromatic N) is 2. The van der Waals surface area contributed by atoms with Crippen LogP contribution < -0.4 is 0 Å². The van der Waals surface area contributed by atoms with E-state index in [1.165, 1.54) is 16.6 Å². The van der Waals surface area contributed by atoms with Crippen molar-refractivity contribution in [2.45, 2.75) is 26.7 Å². The highest BCUT2D eigenvalue weighted by Gasteiger charge is 2.14. The number of aromatic nitrogens is 2. The summed E-state index contributed by atoms with van der Waals surface area (Å²) < 4.78 is 23.6. The van der Waals surface area contributed by atoms with E-state index in [2.05, 4.69) is 4.98 Å².